The lowest BCUT2D eigenvalue weighted by molar-refractivity contribution is -0.167. The predicted molar refractivity (Wildman–Crippen MR) is 275 cm³/mol. The maximum atomic E-state index is 12.8. The molecule has 0 spiro atoms. The summed E-state index contributed by atoms with van der Waals surface area (Å²) < 4.78 is 16.8. The molecule has 0 heterocycles. The van der Waals surface area contributed by atoms with E-state index in [1.165, 1.54) is 205 Å². The molecule has 0 saturated heterocycles. The monoisotopic (exact) mass is 901 g/mol. The van der Waals surface area contributed by atoms with E-state index >= 15 is 0 Å². The Kier molecular flexibility index (Phi) is 51.7. The van der Waals surface area contributed by atoms with Gasteiger partial charge in [-0.2, -0.15) is 0 Å². The molecule has 0 N–H and O–H groups in total. The zero-order valence-electron chi connectivity index (χ0n) is 43.1. The summed E-state index contributed by atoms with van der Waals surface area (Å²) in [5.74, 6) is -0.865. The van der Waals surface area contributed by atoms with Gasteiger partial charge in [0.15, 0.2) is 6.10 Å². The van der Waals surface area contributed by atoms with Crippen LogP contribution in [0.3, 0.4) is 0 Å². The van der Waals surface area contributed by atoms with Crippen LogP contribution in [0.1, 0.15) is 310 Å². The second-order valence-corrected chi connectivity index (χ2v) is 19.2. The standard InChI is InChI=1S/C58H108O6/c1-4-7-10-13-16-19-22-24-26-28-29-30-32-33-36-39-42-45-48-51-57(60)63-54-55(53-62-56(59)50-47-44-41-38-35-21-18-15-12-9-6-3)64-58(61)52-49-46-43-40-37-34-31-27-25-23-20-17-14-11-8-5-2/h24,26-27,31,55H,4-23,25,28-30,32-54H2,1-3H3/b26-24-,31-27-. The number of esters is 3. The van der Waals surface area contributed by atoms with Gasteiger partial charge >= 0.3 is 17.9 Å². The molecule has 0 aliphatic rings. The number of unbranched alkanes of at least 4 members (excludes halogenated alkanes) is 37. The van der Waals surface area contributed by atoms with Crippen molar-refractivity contribution in [2.45, 2.75) is 316 Å². The third kappa shape index (κ3) is 50.9. The van der Waals surface area contributed by atoms with Crippen LogP contribution in [-0.2, 0) is 28.6 Å². The highest BCUT2D eigenvalue weighted by Crippen LogP contribution is 2.16. The maximum absolute atomic E-state index is 12.8. The van der Waals surface area contributed by atoms with Crippen LogP contribution in [0.25, 0.3) is 0 Å². The van der Waals surface area contributed by atoms with Gasteiger partial charge in [0.05, 0.1) is 0 Å². The van der Waals surface area contributed by atoms with Gasteiger partial charge in [-0.25, -0.2) is 0 Å². The summed E-state index contributed by atoms with van der Waals surface area (Å²) in [6.07, 6.45) is 61.7. The zero-order chi connectivity index (χ0) is 46.5. The van der Waals surface area contributed by atoms with Gasteiger partial charge in [0.25, 0.3) is 0 Å². The molecule has 1 unspecified atom stereocenters. The molecular formula is C58H108O6. The first-order valence-electron chi connectivity index (χ1n) is 28.3. The number of hydrogen-bond donors (Lipinski definition) is 0. The van der Waals surface area contributed by atoms with E-state index in [9.17, 15) is 14.4 Å². The van der Waals surface area contributed by atoms with Gasteiger partial charge in [-0.3, -0.25) is 14.4 Å². The largest absolute Gasteiger partial charge is 0.462 e. The van der Waals surface area contributed by atoms with Gasteiger partial charge in [0.1, 0.15) is 13.2 Å². The van der Waals surface area contributed by atoms with Crippen molar-refractivity contribution >= 4 is 17.9 Å². The molecule has 0 aromatic heterocycles. The Morgan fingerprint density at radius 3 is 0.781 bits per heavy atom. The van der Waals surface area contributed by atoms with Crippen LogP contribution in [0.15, 0.2) is 24.3 Å². The Bertz CT molecular complexity index is 1040. The van der Waals surface area contributed by atoms with Crippen molar-refractivity contribution in [2.75, 3.05) is 13.2 Å². The van der Waals surface area contributed by atoms with Crippen LogP contribution in [-0.4, -0.2) is 37.2 Å². The van der Waals surface area contributed by atoms with E-state index in [0.717, 1.165) is 64.2 Å². The fourth-order valence-electron chi connectivity index (χ4n) is 8.37. The number of rotatable bonds is 52. The summed E-state index contributed by atoms with van der Waals surface area (Å²) in [5, 5.41) is 0. The maximum Gasteiger partial charge on any atom is 0.306 e. The summed E-state index contributed by atoms with van der Waals surface area (Å²) in [6, 6.07) is 0. The van der Waals surface area contributed by atoms with Gasteiger partial charge in [-0.1, -0.05) is 244 Å². The summed E-state index contributed by atoms with van der Waals surface area (Å²) in [5.41, 5.74) is 0. The third-order valence-electron chi connectivity index (χ3n) is 12.7. The molecule has 376 valence electrons. The van der Waals surface area contributed by atoms with Crippen molar-refractivity contribution < 1.29 is 28.6 Å². The minimum absolute atomic E-state index is 0.0711. The Morgan fingerprint density at radius 1 is 0.297 bits per heavy atom. The molecular weight excluding hydrogens is 793 g/mol. The van der Waals surface area contributed by atoms with Crippen molar-refractivity contribution in [2.24, 2.45) is 0 Å². The molecule has 0 amide bonds. The van der Waals surface area contributed by atoms with E-state index in [0.29, 0.717) is 19.3 Å². The Labute approximate surface area is 398 Å². The van der Waals surface area contributed by atoms with Crippen LogP contribution in [0.2, 0.25) is 0 Å². The molecule has 64 heavy (non-hydrogen) atoms. The van der Waals surface area contributed by atoms with Gasteiger partial charge in [0.2, 0.25) is 0 Å². The fraction of sp³-hybridized carbons (Fsp3) is 0.879. The topological polar surface area (TPSA) is 78.9 Å². The van der Waals surface area contributed by atoms with Crippen molar-refractivity contribution in [1.82, 2.24) is 0 Å². The van der Waals surface area contributed by atoms with E-state index in [4.69, 9.17) is 14.2 Å². The van der Waals surface area contributed by atoms with Crippen molar-refractivity contribution in [1.29, 1.82) is 0 Å². The molecule has 0 aliphatic carbocycles. The first kappa shape index (κ1) is 61.9. The van der Waals surface area contributed by atoms with Crippen LogP contribution >= 0.6 is 0 Å². The fourth-order valence-corrected chi connectivity index (χ4v) is 8.37. The molecule has 0 saturated carbocycles. The molecule has 6 heteroatoms. The van der Waals surface area contributed by atoms with Crippen molar-refractivity contribution in [3.05, 3.63) is 24.3 Å². The SMILES string of the molecule is CCCCCCCC/C=C\CCCCCCCCCCCC(=O)OCC(COC(=O)CCCCCCCCCCCCC)OC(=O)CCCCCCC/C=C\CCCCCCCCC. The van der Waals surface area contributed by atoms with Gasteiger partial charge in [-0.05, 0) is 70.6 Å². The van der Waals surface area contributed by atoms with Gasteiger partial charge in [-0.15, -0.1) is 0 Å². The lowest BCUT2D eigenvalue weighted by Crippen LogP contribution is -2.30. The lowest BCUT2D eigenvalue weighted by atomic mass is 10.1. The first-order valence-corrected chi connectivity index (χ1v) is 28.3. The van der Waals surface area contributed by atoms with E-state index in [1.54, 1.807) is 0 Å². The highest BCUT2D eigenvalue weighted by atomic mass is 16.6. The van der Waals surface area contributed by atoms with E-state index < -0.39 is 6.10 Å². The van der Waals surface area contributed by atoms with E-state index in [1.807, 2.05) is 0 Å². The van der Waals surface area contributed by atoms with Crippen molar-refractivity contribution in [3.8, 4) is 0 Å². The Hall–Kier alpha value is -2.11. The average molecular weight is 901 g/mol. The Balaban J connectivity index is 4.30. The summed E-state index contributed by atoms with van der Waals surface area (Å²) >= 11 is 0. The number of carbonyl (C=O) groups excluding carboxylic acids is 3. The smallest absolute Gasteiger partial charge is 0.306 e. The molecule has 0 aliphatic heterocycles. The molecule has 0 bridgehead atoms. The average Bonchev–Trinajstić information content (AvgIpc) is 3.29. The highest BCUT2D eigenvalue weighted by Gasteiger charge is 2.19. The number of hydrogen-bond acceptors (Lipinski definition) is 6. The third-order valence-corrected chi connectivity index (χ3v) is 12.7. The lowest BCUT2D eigenvalue weighted by Gasteiger charge is -2.18. The van der Waals surface area contributed by atoms with Crippen LogP contribution in [0.4, 0.5) is 0 Å². The second-order valence-electron chi connectivity index (χ2n) is 19.2. The zero-order valence-corrected chi connectivity index (χ0v) is 43.1. The highest BCUT2D eigenvalue weighted by molar-refractivity contribution is 5.71. The van der Waals surface area contributed by atoms with Crippen molar-refractivity contribution in [3.63, 3.8) is 0 Å². The molecule has 0 rings (SSSR count). The number of carbonyl (C=O) groups is 3. The van der Waals surface area contributed by atoms with Gasteiger partial charge < -0.3 is 14.2 Å². The predicted octanol–water partition coefficient (Wildman–Crippen LogP) is 18.7. The molecule has 1 atom stereocenters. The molecule has 0 aromatic rings. The Morgan fingerprint density at radius 2 is 0.516 bits per heavy atom. The number of ether oxygens (including phenoxy) is 3. The normalized spacial score (nSPS) is 12.1. The van der Waals surface area contributed by atoms with E-state index in [-0.39, 0.29) is 31.1 Å². The summed E-state index contributed by atoms with van der Waals surface area (Å²) in [7, 11) is 0. The van der Waals surface area contributed by atoms with Crippen LogP contribution in [0.5, 0.6) is 0 Å². The van der Waals surface area contributed by atoms with Gasteiger partial charge in [0, 0.05) is 19.3 Å². The van der Waals surface area contributed by atoms with E-state index in [2.05, 4.69) is 45.1 Å². The number of allylic oxidation sites excluding steroid dienone is 4. The molecule has 0 radical (unpaired) electrons. The summed E-state index contributed by atoms with van der Waals surface area (Å²) in [4.78, 5) is 38.1. The minimum Gasteiger partial charge on any atom is -0.462 e. The molecule has 0 fully saturated rings. The first-order chi connectivity index (χ1) is 31.5. The summed E-state index contributed by atoms with van der Waals surface area (Å²) in [6.45, 7) is 6.66. The quantitative estimate of drug-likeness (QED) is 0.0262. The molecule has 0 aromatic carbocycles. The minimum atomic E-state index is -0.772. The van der Waals surface area contributed by atoms with Crippen LogP contribution in [0, 0.1) is 0 Å². The second kappa shape index (κ2) is 53.5. The molecule has 6 nitrogen and oxygen atoms in total. The van der Waals surface area contributed by atoms with Crippen LogP contribution < -0.4 is 0 Å².